The second-order valence-corrected chi connectivity index (χ2v) is 2.46. The largest absolute Gasteiger partial charge is 0.432 e. The molecule has 0 fully saturated rings. The molecule has 0 bridgehead atoms. The molecule has 1 nitrogen and oxygen atoms in total. The number of hydrogen-bond donors (Lipinski definition) is 0. The van der Waals surface area contributed by atoms with Gasteiger partial charge in [-0.05, 0) is 18.1 Å². The summed E-state index contributed by atoms with van der Waals surface area (Å²) in [6.07, 6.45) is 0.451. The normalized spacial score (nSPS) is 10.5. The average molecular weight is 190 g/mol. The van der Waals surface area contributed by atoms with E-state index in [-0.39, 0.29) is 0 Å². The molecule has 0 aliphatic heterocycles. The number of benzene rings is 1. The van der Waals surface area contributed by atoms with Gasteiger partial charge in [0.25, 0.3) is 0 Å². The third-order valence-corrected chi connectivity index (χ3v) is 1.64. The van der Waals surface area contributed by atoms with Crippen LogP contribution in [0.1, 0.15) is 12.5 Å². The number of hydrogen-bond acceptors (Lipinski definition) is 1. The zero-order valence-electron chi connectivity index (χ0n) is 7.06. The van der Waals surface area contributed by atoms with Crippen LogP contribution in [0.25, 0.3) is 0 Å². The Morgan fingerprint density at radius 2 is 2.08 bits per heavy atom. The Labute approximate surface area is 74.1 Å². The number of aryl methyl sites for hydroxylation is 1. The SMILES string of the molecule is CCc1cccc(OC(F)F)c1F. The molecule has 0 saturated carbocycles. The van der Waals surface area contributed by atoms with Gasteiger partial charge in [0.1, 0.15) is 0 Å². The second kappa shape index (κ2) is 4.16. The van der Waals surface area contributed by atoms with E-state index in [1.807, 2.05) is 0 Å². The molecular formula is C9H9F3O. The van der Waals surface area contributed by atoms with E-state index in [1.165, 1.54) is 18.2 Å². The van der Waals surface area contributed by atoms with E-state index in [0.717, 1.165) is 0 Å². The van der Waals surface area contributed by atoms with Gasteiger partial charge in [-0.1, -0.05) is 19.1 Å². The molecule has 0 amide bonds. The van der Waals surface area contributed by atoms with Crippen LogP contribution in [-0.2, 0) is 6.42 Å². The van der Waals surface area contributed by atoms with E-state index in [1.54, 1.807) is 6.92 Å². The van der Waals surface area contributed by atoms with E-state index in [4.69, 9.17) is 0 Å². The van der Waals surface area contributed by atoms with Gasteiger partial charge in [0.15, 0.2) is 11.6 Å². The maximum Gasteiger partial charge on any atom is 0.387 e. The lowest BCUT2D eigenvalue weighted by Crippen LogP contribution is -2.04. The van der Waals surface area contributed by atoms with Gasteiger partial charge < -0.3 is 4.74 Å². The quantitative estimate of drug-likeness (QED) is 0.711. The van der Waals surface area contributed by atoms with Crippen LogP contribution in [0.4, 0.5) is 13.2 Å². The second-order valence-electron chi connectivity index (χ2n) is 2.46. The molecule has 0 radical (unpaired) electrons. The zero-order valence-corrected chi connectivity index (χ0v) is 7.06. The minimum absolute atomic E-state index is 0.373. The Bertz CT molecular complexity index is 286. The Morgan fingerprint density at radius 3 is 2.62 bits per heavy atom. The molecule has 0 aromatic heterocycles. The van der Waals surface area contributed by atoms with E-state index >= 15 is 0 Å². The summed E-state index contributed by atoms with van der Waals surface area (Å²) in [4.78, 5) is 0. The first-order chi connectivity index (χ1) is 6.15. The molecule has 0 spiro atoms. The maximum absolute atomic E-state index is 13.2. The van der Waals surface area contributed by atoms with Crippen LogP contribution in [-0.4, -0.2) is 6.61 Å². The average Bonchev–Trinajstić information content (AvgIpc) is 2.08. The Kier molecular flexibility index (Phi) is 3.17. The standard InChI is InChI=1S/C9H9F3O/c1-2-6-4-3-5-7(8(6)10)13-9(11)12/h3-5,9H,2H2,1H3. The summed E-state index contributed by atoms with van der Waals surface area (Å²) < 4.78 is 40.6. The van der Waals surface area contributed by atoms with Crippen molar-refractivity contribution < 1.29 is 17.9 Å². The lowest BCUT2D eigenvalue weighted by Gasteiger charge is -2.07. The monoisotopic (exact) mass is 190 g/mol. The Hall–Kier alpha value is -1.19. The molecule has 0 unspecified atom stereocenters. The molecule has 1 aromatic carbocycles. The molecule has 0 heterocycles. The van der Waals surface area contributed by atoms with Gasteiger partial charge in [0.2, 0.25) is 0 Å². The smallest absolute Gasteiger partial charge is 0.387 e. The lowest BCUT2D eigenvalue weighted by molar-refractivity contribution is -0.0522. The third kappa shape index (κ3) is 2.37. The summed E-state index contributed by atoms with van der Waals surface area (Å²) in [5.41, 5.74) is 0.373. The highest BCUT2D eigenvalue weighted by molar-refractivity contribution is 5.30. The van der Waals surface area contributed by atoms with Crippen LogP contribution in [0.3, 0.4) is 0 Å². The minimum Gasteiger partial charge on any atom is -0.432 e. The summed E-state index contributed by atoms with van der Waals surface area (Å²) >= 11 is 0. The summed E-state index contributed by atoms with van der Waals surface area (Å²) in [5.74, 6) is -1.10. The van der Waals surface area contributed by atoms with Crippen molar-refractivity contribution >= 4 is 0 Å². The van der Waals surface area contributed by atoms with Crippen molar-refractivity contribution in [1.29, 1.82) is 0 Å². The molecule has 0 saturated heterocycles. The van der Waals surface area contributed by atoms with Gasteiger partial charge in [-0.3, -0.25) is 0 Å². The van der Waals surface area contributed by atoms with E-state index in [0.29, 0.717) is 12.0 Å². The van der Waals surface area contributed by atoms with Crippen LogP contribution < -0.4 is 4.74 Å². The fourth-order valence-electron chi connectivity index (χ4n) is 1.02. The molecule has 1 rings (SSSR count). The van der Waals surface area contributed by atoms with Gasteiger partial charge in [-0.2, -0.15) is 8.78 Å². The van der Waals surface area contributed by atoms with Crippen molar-refractivity contribution in [2.24, 2.45) is 0 Å². The first-order valence-corrected chi connectivity index (χ1v) is 3.87. The van der Waals surface area contributed by atoms with Crippen LogP contribution >= 0.6 is 0 Å². The molecule has 4 heteroatoms. The predicted molar refractivity (Wildman–Crippen MR) is 42.4 cm³/mol. The number of alkyl halides is 2. The minimum atomic E-state index is -2.98. The van der Waals surface area contributed by atoms with Gasteiger partial charge in [-0.15, -0.1) is 0 Å². The van der Waals surface area contributed by atoms with Crippen molar-refractivity contribution in [2.75, 3.05) is 0 Å². The number of halogens is 3. The molecule has 72 valence electrons. The van der Waals surface area contributed by atoms with Crippen molar-refractivity contribution in [3.63, 3.8) is 0 Å². The van der Waals surface area contributed by atoms with Crippen LogP contribution in [0, 0.1) is 5.82 Å². The van der Waals surface area contributed by atoms with Gasteiger partial charge in [-0.25, -0.2) is 4.39 Å². The first kappa shape index (κ1) is 9.89. The highest BCUT2D eigenvalue weighted by atomic mass is 19.3. The number of rotatable bonds is 3. The molecule has 0 aliphatic carbocycles. The predicted octanol–water partition coefficient (Wildman–Crippen LogP) is 2.99. The highest BCUT2D eigenvalue weighted by Crippen LogP contribution is 2.22. The van der Waals surface area contributed by atoms with Crippen molar-refractivity contribution in [3.8, 4) is 5.75 Å². The van der Waals surface area contributed by atoms with Crippen molar-refractivity contribution in [1.82, 2.24) is 0 Å². The van der Waals surface area contributed by atoms with Crippen molar-refractivity contribution in [2.45, 2.75) is 20.0 Å². The summed E-state index contributed by atoms with van der Waals surface area (Å²) in [6.45, 7) is -1.24. The Morgan fingerprint density at radius 1 is 1.38 bits per heavy atom. The fraction of sp³-hybridized carbons (Fsp3) is 0.333. The van der Waals surface area contributed by atoms with Crippen LogP contribution in [0.5, 0.6) is 5.75 Å². The van der Waals surface area contributed by atoms with E-state index in [9.17, 15) is 13.2 Å². The molecular weight excluding hydrogens is 181 g/mol. The topological polar surface area (TPSA) is 9.23 Å². The van der Waals surface area contributed by atoms with Gasteiger partial charge >= 0.3 is 6.61 Å². The van der Waals surface area contributed by atoms with Crippen LogP contribution in [0.2, 0.25) is 0 Å². The molecule has 0 N–H and O–H groups in total. The molecule has 0 aliphatic rings. The van der Waals surface area contributed by atoms with Gasteiger partial charge in [0.05, 0.1) is 0 Å². The zero-order chi connectivity index (χ0) is 9.84. The summed E-state index contributed by atoms with van der Waals surface area (Å²) in [7, 11) is 0. The lowest BCUT2D eigenvalue weighted by atomic mass is 10.1. The first-order valence-electron chi connectivity index (χ1n) is 3.87. The van der Waals surface area contributed by atoms with Gasteiger partial charge in [0, 0.05) is 0 Å². The Balaban J connectivity index is 2.94. The van der Waals surface area contributed by atoms with E-state index in [2.05, 4.69) is 4.74 Å². The summed E-state index contributed by atoms with van der Waals surface area (Å²) in [6, 6.07) is 4.20. The highest BCUT2D eigenvalue weighted by Gasteiger charge is 2.11. The fourth-order valence-corrected chi connectivity index (χ4v) is 1.02. The molecule has 1 aromatic rings. The van der Waals surface area contributed by atoms with E-state index < -0.39 is 18.2 Å². The maximum atomic E-state index is 13.2. The summed E-state index contributed by atoms with van der Waals surface area (Å²) in [5, 5.41) is 0. The molecule has 13 heavy (non-hydrogen) atoms. The van der Waals surface area contributed by atoms with Crippen molar-refractivity contribution in [3.05, 3.63) is 29.6 Å². The third-order valence-electron chi connectivity index (χ3n) is 1.64. The number of ether oxygens (including phenoxy) is 1. The molecule has 0 atom stereocenters. The van der Waals surface area contributed by atoms with Crippen LogP contribution in [0.15, 0.2) is 18.2 Å².